The summed E-state index contributed by atoms with van der Waals surface area (Å²) in [5.74, 6) is -0.288. The Morgan fingerprint density at radius 1 is 1.29 bits per heavy atom. The average Bonchev–Trinajstić information content (AvgIpc) is 2.15. The number of halogens is 1. The molecule has 0 bridgehead atoms. The van der Waals surface area contributed by atoms with Crippen LogP contribution in [0.1, 0.15) is 26.3 Å². The third kappa shape index (κ3) is 3.29. The van der Waals surface area contributed by atoms with Gasteiger partial charge in [0, 0.05) is 11.3 Å². The highest BCUT2D eigenvalue weighted by Crippen LogP contribution is 2.37. The average molecular weight is 255 g/mol. The lowest BCUT2D eigenvalue weighted by molar-refractivity contribution is 0.272. The molecule has 1 aromatic rings. The Balaban J connectivity index is 2.81. The van der Waals surface area contributed by atoms with Gasteiger partial charge in [-0.25, -0.2) is 4.39 Å². The van der Waals surface area contributed by atoms with E-state index in [-0.39, 0.29) is 17.5 Å². The molecule has 0 aliphatic heterocycles. The molecule has 2 N–H and O–H groups in total. The molecule has 17 heavy (non-hydrogen) atoms. The lowest BCUT2D eigenvalue weighted by atomic mass is 10.2. The zero-order chi connectivity index (χ0) is 13.3. The van der Waals surface area contributed by atoms with Crippen molar-refractivity contribution < 1.29 is 8.82 Å². The Morgan fingerprint density at radius 3 is 2.35 bits per heavy atom. The van der Waals surface area contributed by atoms with E-state index < -0.39 is 8.32 Å². The molecular weight excluding hydrogens is 233 g/mol. The van der Waals surface area contributed by atoms with Gasteiger partial charge in [-0.2, -0.15) is 0 Å². The Labute approximate surface area is 104 Å². The van der Waals surface area contributed by atoms with Crippen LogP contribution < -0.4 is 5.73 Å². The molecule has 0 spiro atoms. The van der Waals surface area contributed by atoms with Crippen molar-refractivity contribution in [1.29, 1.82) is 0 Å². The largest absolute Gasteiger partial charge is 0.412 e. The predicted molar refractivity (Wildman–Crippen MR) is 72.8 cm³/mol. The van der Waals surface area contributed by atoms with Gasteiger partial charge in [0.25, 0.3) is 0 Å². The van der Waals surface area contributed by atoms with Gasteiger partial charge in [-0.1, -0.05) is 26.8 Å². The van der Waals surface area contributed by atoms with Gasteiger partial charge in [0.05, 0.1) is 6.61 Å². The maximum absolute atomic E-state index is 13.6. The molecule has 0 aliphatic rings. The molecule has 0 fully saturated rings. The van der Waals surface area contributed by atoms with Crippen molar-refractivity contribution in [1.82, 2.24) is 0 Å². The molecule has 0 atom stereocenters. The number of nitrogen functional groups attached to an aromatic ring is 1. The zero-order valence-electron chi connectivity index (χ0n) is 11.3. The quantitative estimate of drug-likeness (QED) is 0.656. The summed E-state index contributed by atoms with van der Waals surface area (Å²) in [6, 6.07) is 4.73. The summed E-state index contributed by atoms with van der Waals surface area (Å²) in [5, 5.41) is 0.118. The zero-order valence-corrected chi connectivity index (χ0v) is 12.3. The molecule has 0 amide bonds. The molecule has 1 aromatic carbocycles. The third-order valence-corrected chi connectivity index (χ3v) is 8.02. The first-order valence-corrected chi connectivity index (χ1v) is 8.73. The van der Waals surface area contributed by atoms with Crippen molar-refractivity contribution in [3.8, 4) is 0 Å². The highest BCUT2D eigenvalue weighted by atomic mass is 28.4. The van der Waals surface area contributed by atoms with Crippen LogP contribution in [0, 0.1) is 5.82 Å². The van der Waals surface area contributed by atoms with Gasteiger partial charge in [0.1, 0.15) is 5.82 Å². The van der Waals surface area contributed by atoms with E-state index in [0.29, 0.717) is 11.3 Å². The van der Waals surface area contributed by atoms with E-state index in [1.165, 1.54) is 6.07 Å². The topological polar surface area (TPSA) is 35.2 Å². The summed E-state index contributed by atoms with van der Waals surface area (Å²) >= 11 is 0. The lowest BCUT2D eigenvalue weighted by Gasteiger charge is -2.36. The Kier molecular flexibility index (Phi) is 3.99. The van der Waals surface area contributed by atoms with E-state index in [4.69, 9.17) is 10.2 Å². The van der Waals surface area contributed by atoms with E-state index in [1.54, 1.807) is 12.1 Å². The minimum Gasteiger partial charge on any atom is -0.412 e. The first kappa shape index (κ1) is 14.2. The number of benzene rings is 1. The van der Waals surface area contributed by atoms with Crippen LogP contribution in [0.5, 0.6) is 0 Å². The molecule has 0 saturated heterocycles. The van der Waals surface area contributed by atoms with E-state index in [9.17, 15) is 4.39 Å². The summed E-state index contributed by atoms with van der Waals surface area (Å²) in [6.07, 6.45) is 0. The van der Waals surface area contributed by atoms with Gasteiger partial charge in [0.15, 0.2) is 8.32 Å². The highest BCUT2D eigenvalue weighted by molar-refractivity contribution is 6.74. The fourth-order valence-electron chi connectivity index (χ4n) is 1.20. The van der Waals surface area contributed by atoms with Gasteiger partial charge in [0.2, 0.25) is 0 Å². The molecule has 0 radical (unpaired) electrons. The molecule has 0 aliphatic carbocycles. The molecule has 0 heterocycles. The number of hydrogen-bond acceptors (Lipinski definition) is 2. The molecular formula is C13H22FNOSi. The molecule has 0 saturated carbocycles. The molecule has 0 unspecified atom stereocenters. The van der Waals surface area contributed by atoms with Gasteiger partial charge in [-0.3, -0.25) is 0 Å². The lowest BCUT2D eigenvalue weighted by Crippen LogP contribution is -2.40. The van der Waals surface area contributed by atoms with Crippen molar-refractivity contribution in [2.45, 2.75) is 45.5 Å². The Hall–Kier alpha value is -0.873. The summed E-state index contributed by atoms with van der Waals surface area (Å²) in [4.78, 5) is 0. The van der Waals surface area contributed by atoms with Crippen molar-refractivity contribution in [3.05, 3.63) is 29.6 Å². The molecule has 0 aromatic heterocycles. The van der Waals surface area contributed by atoms with Crippen LogP contribution in [0.2, 0.25) is 18.1 Å². The third-order valence-electron chi connectivity index (χ3n) is 3.54. The predicted octanol–water partition coefficient (Wildman–Crippen LogP) is 3.93. The smallest absolute Gasteiger partial charge is 0.192 e. The second-order valence-electron chi connectivity index (χ2n) is 5.86. The van der Waals surface area contributed by atoms with Crippen molar-refractivity contribution >= 4 is 14.0 Å². The fraction of sp³-hybridized carbons (Fsp3) is 0.538. The van der Waals surface area contributed by atoms with Crippen molar-refractivity contribution in [3.63, 3.8) is 0 Å². The van der Waals surface area contributed by atoms with Crippen LogP contribution in [0.25, 0.3) is 0 Å². The molecule has 4 heteroatoms. The molecule has 1 rings (SSSR count). The summed E-state index contributed by atoms with van der Waals surface area (Å²) in [5.41, 5.74) is 6.69. The second kappa shape index (κ2) is 4.78. The van der Waals surface area contributed by atoms with Crippen LogP contribution in [0.15, 0.2) is 18.2 Å². The number of nitrogens with two attached hydrogens (primary N) is 1. The molecule has 2 nitrogen and oxygen atoms in total. The number of anilines is 1. The normalized spacial score (nSPS) is 12.8. The van der Waals surface area contributed by atoms with Gasteiger partial charge in [-0.05, 0) is 30.3 Å². The minimum absolute atomic E-state index is 0.118. The van der Waals surface area contributed by atoms with Crippen molar-refractivity contribution in [2.24, 2.45) is 0 Å². The second-order valence-corrected chi connectivity index (χ2v) is 10.7. The van der Waals surface area contributed by atoms with Crippen molar-refractivity contribution in [2.75, 3.05) is 5.73 Å². The van der Waals surface area contributed by atoms with E-state index in [1.807, 2.05) is 0 Å². The van der Waals surface area contributed by atoms with Gasteiger partial charge < -0.3 is 10.2 Å². The summed E-state index contributed by atoms with van der Waals surface area (Å²) in [7, 11) is -1.86. The van der Waals surface area contributed by atoms with Crippen LogP contribution >= 0.6 is 0 Å². The first-order chi connectivity index (χ1) is 7.65. The van der Waals surface area contributed by atoms with Gasteiger partial charge >= 0.3 is 0 Å². The minimum atomic E-state index is -1.86. The van der Waals surface area contributed by atoms with Crippen LogP contribution in [-0.4, -0.2) is 8.32 Å². The Morgan fingerprint density at radius 2 is 1.88 bits per heavy atom. The van der Waals surface area contributed by atoms with E-state index >= 15 is 0 Å². The summed E-state index contributed by atoms with van der Waals surface area (Å²) < 4.78 is 19.5. The van der Waals surface area contributed by atoms with Gasteiger partial charge in [-0.15, -0.1) is 0 Å². The standard InChI is InChI=1S/C13H22FNOSi/c1-13(2,3)17(4,5)16-9-10-11(14)7-6-8-12(10)15/h6-8H,9,15H2,1-5H3. The highest BCUT2D eigenvalue weighted by Gasteiger charge is 2.37. The van der Waals surface area contributed by atoms with Crippen LogP contribution in [0.4, 0.5) is 10.1 Å². The van der Waals surface area contributed by atoms with Crippen LogP contribution in [0.3, 0.4) is 0 Å². The van der Waals surface area contributed by atoms with Crippen LogP contribution in [-0.2, 0) is 11.0 Å². The monoisotopic (exact) mass is 255 g/mol. The molecule has 96 valence electrons. The number of rotatable bonds is 3. The maximum Gasteiger partial charge on any atom is 0.192 e. The first-order valence-electron chi connectivity index (χ1n) is 5.82. The Bertz CT molecular complexity index is 379. The SMILES string of the molecule is CC(C)(C)[Si](C)(C)OCc1c(N)cccc1F. The van der Waals surface area contributed by atoms with E-state index in [2.05, 4.69) is 33.9 Å². The summed E-state index contributed by atoms with van der Waals surface area (Å²) in [6.45, 7) is 11.0. The maximum atomic E-state index is 13.6. The number of hydrogen-bond donors (Lipinski definition) is 1. The fourth-order valence-corrected chi connectivity index (χ4v) is 2.13. The van der Waals surface area contributed by atoms with E-state index in [0.717, 1.165) is 0 Å².